The lowest BCUT2D eigenvalue weighted by atomic mass is 9.85. The van der Waals surface area contributed by atoms with Crippen molar-refractivity contribution in [1.82, 2.24) is 5.32 Å². The van der Waals surface area contributed by atoms with Crippen molar-refractivity contribution < 1.29 is 4.92 Å². The summed E-state index contributed by atoms with van der Waals surface area (Å²) in [5.41, 5.74) is 1.37. The summed E-state index contributed by atoms with van der Waals surface area (Å²) in [6, 6.07) is 5.17. The van der Waals surface area contributed by atoms with Crippen molar-refractivity contribution in [1.29, 1.82) is 0 Å². The molecule has 0 aliphatic carbocycles. The SMILES string of the molecule is CC1(C)C2CNCC2CN1c1ccc([N+](=O)[O-])cc1I. The van der Waals surface area contributed by atoms with Crippen LogP contribution in [0.3, 0.4) is 0 Å². The minimum atomic E-state index is -0.334. The van der Waals surface area contributed by atoms with Gasteiger partial charge in [0, 0.05) is 40.9 Å². The van der Waals surface area contributed by atoms with Gasteiger partial charge in [-0.3, -0.25) is 10.1 Å². The first-order valence-corrected chi connectivity index (χ1v) is 7.91. The van der Waals surface area contributed by atoms with Crippen LogP contribution in [0.25, 0.3) is 0 Å². The van der Waals surface area contributed by atoms with Gasteiger partial charge >= 0.3 is 0 Å². The number of nitro benzene ring substituents is 1. The maximum atomic E-state index is 10.9. The van der Waals surface area contributed by atoms with Gasteiger partial charge in [0.05, 0.1) is 10.6 Å². The van der Waals surface area contributed by atoms with Crippen LogP contribution in [0.5, 0.6) is 0 Å². The van der Waals surface area contributed by atoms with E-state index >= 15 is 0 Å². The number of hydrogen-bond donors (Lipinski definition) is 1. The molecule has 20 heavy (non-hydrogen) atoms. The zero-order valence-electron chi connectivity index (χ0n) is 11.6. The van der Waals surface area contributed by atoms with Crippen LogP contribution in [0, 0.1) is 25.5 Å². The average Bonchev–Trinajstić information content (AvgIpc) is 2.92. The third-order valence-electron chi connectivity index (χ3n) is 4.79. The number of rotatable bonds is 2. The molecular weight excluding hydrogens is 369 g/mol. The Morgan fingerprint density at radius 3 is 2.80 bits per heavy atom. The fraction of sp³-hybridized carbons (Fsp3) is 0.571. The van der Waals surface area contributed by atoms with Gasteiger partial charge in [0.2, 0.25) is 0 Å². The highest BCUT2D eigenvalue weighted by molar-refractivity contribution is 14.1. The maximum absolute atomic E-state index is 10.9. The molecule has 2 fully saturated rings. The topological polar surface area (TPSA) is 58.4 Å². The third kappa shape index (κ3) is 2.09. The lowest BCUT2D eigenvalue weighted by molar-refractivity contribution is -0.384. The number of nitrogens with zero attached hydrogens (tertiary/aromatic N) is 2. The van der Waals surface area contributed by atoms with Crippen molar-refractivity contribution in [2.24, 2.45) is 11.8 Å². The Balaban J connectivity index is 1.95. The lowest BCUT2D eigenvalue weighted by Gasteiger charge is -2.37. The van der Waals surface area contributed by atoms with Crippen molar-refractivity contribution in [2.75, 3.05) is 24.5 Å². The molecule has 2 heterocycles. The van der Waals surface area contributed by atoms with Gasteiger partial charge in [-0.15, -0.1) is 0 Å². The molecule has 2 atom stereocenters. The second-order valence-electron chi connectivity index (χ2n) is 6.18. The molecule has 0 spiro atoms. The van der Waals surface area contributed by atoms with E-state index in [-0.39, 0.29) is 16.1 Å². The smallest absolute Gasteiger partial charge is 0.270 e. The molecular formula is C14H18IN3O2. The molecule has 1 aromatic carbocycles. The zero-order valence-corrected chi connectivity index (χ0v) is 13.8. The van der Waals surface area contributed by atoms with Crippen LogP contribution in [0.2, 0.25) is 0 Å². The number of anilines is 1. The predicted octanol–water partition coefficient (Wildman–Crippen LogP) is 2.63. The zero-order chi connectivity index (χ0) is 14.5. The number of hydrogen-bond acceptors (Lipinski definition) is 4. The molecule has 2 unspecified atom stereocenters. The predicted molar refractivity (Wildman–Crippen MR) is 87.1 cm³/mol. The summed E-state index contributed by atoms with van der Waals surface area (Å²) in [6.45, 7) is 7.73. The first-order chi connectivity index (χ1) is 9.41. The molecule has 2 aliphatic rings. The molecule has 2 saturated heterocycles. The minimum Gasteiger partial charge on any atom is -0.365 e. The van der Waals surface area contributed by atoms with Crippen LogP contribution < -0.4 is 10.2 Å². The first-order valence-electron chi connectivity index (χ1n) is 6.83. The lowest BCUT2D eigenvalue weighted by Crippen LogP contribution is -2.44. The molecule has 0 aromatic heterocycles. The van der Waals surface area contributed by atoms with Crippen LogP contribution >= 0.6 is 22.6 Å². The van der Waals surface area contributed by atoms with Crippen molar-refractivity contribution >= 4 is 34.0 Å². The van der Waals surface area contributed by atoms with Gasteiger partial charge in [-0.1, -0.05) is 0 Å². The van der Waals surface area contributed by atoms with E-state index in [4.69, 9.17) is 0 Å². The van der Waals surface area contributed by atoms with E-state index in [9.17, 15) is 10.1 Å². The number of fused-ring (bicyclic) bond motifs is 1. The van der Waals surface area contributed by atoms with E-state index in [1.165, 1.54) is 0 Å². The van der Waals surface area contributed by atoms with Crippen LogP contribution in [0.4, 0.5) is 11.4 Å². The summed E-state index contributed by atoms with van der Waals surface area (Å²) >= 11 is 2.21. The molecule has 0 radical (unpaired) electrons. The summed E-state index contributed by atoms with van der Waals surface area (Å²) in [5.74, 6) is 1.32. The van der Waals surface area contributed by atoms with Gasteiger partial charge in [-0.2, -0.15) is 0 Å². The number of non-ortho nitro benzene ring substituents is 1. The summed E-state index contributed by atoms with van der Waals surface area (Å²) in [5, 5.41) is 14.3. The summed E-state index contributed by atoms with van der Waals surface area (Å²) in [4.78, 5) is 12.9. The van der Waals surface area contributed by atoms with E-state index in [2.05, 4.69) is 46.7 Å². The van der Waals surface area contributed by atoms with Crippen molar-refractivity contribution in [2.45, 2.75) is 19.4 Å². The van der Waals surface area contributed by atoms with Gasteiger partial charge in [0.1, 0.15) is 0 Å². The Morgan fingerprint density at radius 2 is 2.20 bits per heavy atom. The van der Waals surface area contributed by atoms with Gasteiger partial charge in [-0.05, 0) is 54.3 Å². The third-order valence-corrected chi connectivity index (χ3v) is 5.66. The Bertz CT molecular complexity index is 561. The van der Waals surface area contributed by atoms with E-state index < -0.39 is 0 Å². The molecule has 0 amide bonds. The van der Waals surface area contributed by atoms with Crippen LogP contribution in [-0.4, -0.2) is 30.1 Å². The minimum absolute atomic E-state index is 0.0875. The number of benzene rings is 1. The second kappa shape index (κ2) is 4.84. The first kappa shape index (κ1) is 14.1. The standard InChI is InChI=1S/C14H18IN3O2/c1-14(2)11-7-16-6-9(11)8-17(14)13-4-3-10(18(19)20)5-12(13)15/h3-5,9,11,16H,6-8H2,1-2H3. The fourth-order valence-corrected chi connectivity index (χ4v) is 4.45. The van der Waals surface area contributed by atoms with Gasteiger partial charge in [0.15, 0.2) is 0 Å². The van der Waals surface area contributed by atoms with Crippen molar-refractivity contribution in [3.63, 3.8) is 0 Å². The molecule has 5 nitrogen and oxygen atoms in total. The second-order valence-corrected chi connectivity index (χ2v) is 7.34. The highest BCUT2D eigenvalue weighted by atomic mass is 127. The molecule has 0 saturated carbocycles. The average molecular weight is 387 g/mol. The van der Waals surface area contributed by atoms with E-state index in [0.717, 1.165) is 28.9 Å². The molecule has 1 N–H and O–H groups in total. The van der Waals surface area contributed by atoms with Gasteiger partial charge in [0.25, 0.3) is 5.69 Å². The maximum Gasteiger partial charge on any atom is 0.270 e. The quantitative estimate of drug-likeness (QED) is 0.482. The monoisotopic (exact) mass is 387 g/mol. The number of halogens is 1. The Morgan fingerprint density at radius 1 is 1.45 bits per heavy atom. The van der Waals surface area contributed by atoms with Crippen molar-refractivity contribution in [3.8, 4) is 0 Å². The summed E-state index contributed by atoms with van der Waals surface area (Å²) < 4.78 is 0.956. The highest BCUT2D eigenvalue weighted by Crippen LogP contribution is 2.44. The molecule has 1 aromatic rings. The van der Waals surface area contributed by atoms with Crippen molar-refractivity contribution in [3.05, 3.63) is 31.9 Å². The molecule has 108 valence electrons. The summed E-state index contributed by atoms with van der Waals surface area (Å²) in [6.07, 6.45) is 0. The van der Waals surface area contributed by atoms with E-state index in [0.29, 0.717) is 11.8 Å². The Kier molecular flexibility index (Phi) is 3.40. The molecule has 6 heteroatoms. The molecule has 0 bridgehead atoms. The number of nitrogens with one attached hydrogen (secondary N) is 1. The fourth-order valence-electron chi connectivity index (χ4n) is 3.66. The molecule has 2 aliphatic heterocycles. The Hall–Kier alpha value is -0.890. The van der Waals surface area contributed by atoms with Crippen LogP contribution in [0.15, 0.2) is 18.2 Å². The van der Waals surface area contributed by atoms with Gasteiger partial charge in [-0.25, -0.2) is 0 Å². The van der Waals surface area contributed by atoms with Crippen LogP contribution in [0.1, 0.15) is 13.8 Å². The normalized spacial score (nSPS) is 27.6. The van der Waals surface area contributed by atoms with E-state index in [1.807, 2.05) is 6.07 Å². The molecule has 3 rings (SSSR count). The largest absolute Gasteiger partial charge is 0.365 e. The summed E-state index contributed by atoms with van der Waals surface area (Å²) in [7, 11) is 0. The number of nitro groups is 1. The van der Waals surface area contributed by atoms with Gasteiger partial charge < -0.3 is 10.2 Å². The highest BCUT2D eigenvalue weighted by Gasteiger charge is 2.49. The van der Waals surface area contributed by atoms with E-state index in [1.54, 1.807) is 12.1 Å². The van der Waals surface area contributed by atoms with Crippen LogP contribution in [-0.2, 0) is 0 Å². The Labute approximate surface area is 132 Å².